The average Bonchev–Trinajstić information content (AvgIpc) is 2.19. The summed E-state index contributed by atoms with van der Waals surface area (Å²) in [5.41, 5.74) is 2.23. The number of carbonyl (C=O) groups excluding carboxylic acids is 1. The highest BCUT2D eigenvalue weighted by molar-refractivity contribution is 6.35. The van der Waals surface area contributed by atoms with Crippen LogP contribution in [0.25, 0.3) is 0 Å². The third kappa shape index (κ3) is 3.37. The van der Waals surface area contributed by atoms with E-state index in [0.29, 0.717) is 16.5 Å². The van der Waals surface area contributed by atoms with Gasteiger partial charge in [0.1, 0.15) is 0 Å². The molecule has 1 nitrogen and oxygen atoms in total. The summed E-state index contributed by atoms with van der Waals surface area (Å²) >= 11 is 12.0. The van der Waals surface area contributed by atoms with Gasteiger partial charge in [-0.15, -0.1) is 0 Å². The number of hydrogen-bond donors (Lipinski definition) is 0. The van der Waals surface area contributed by atoms with Crippen LogP contribution in [0.1, 0.15) is 32.3 Å². The summed E-state index contributed by atoms with van der Waals surface area (Å²) in [6, 6.07) is 5.51. The van der Waals surface area contributed by atoms with E-state index in [1.165, 1.54) is 0 Å². The number of benzene rings is 1. The number of hydrogen-bond acceptors (Lipinski definition) is 1. The van der Waals surface area contributed by atoms with Gasteiger partial charge in [0.05, 0.1) is 0 Å². The quantitative estimate of drug-likeness (QED) is 0.758. The van der Waals surface area contributed by atoms with Crippen molar-refractivity contribution in [1.82, 2.24) is 0 Å². The molecule has 0 bridgehead atoms. The SMILES string of the molecule is CC1(C)CC(=O)C=C(Cc2ccc(Cl)cc2Cl)C1. The largest absolute Gasteiger partial charge is 0.295 e. The maximum Gasteiger partial charge on any atom is 0.156 e. The molecular formula is C15H16Cl2O. The van der Waals surface area contributed by atoms with Gasteiger partial charge in [0, 0.05) is 16.5 Å². The van der Waals surface area contributed by atoms with Crippen LogP contribution in [-0.2, 0) is 11.2 Å². The molecule has 1 aromatic carbocycles. The summed E-state index contributed by atoms with van der Waals surface area (Å²) in [6.45, 7) is 4.25. The monoisotopic (exact) mass is 282 g/mol. The van der Waals surface area contributed by atoms with Gasteiger partial charge < -0.3 is 0 Å². The Bertz CT molecular complexity index is 515. The fourth-order valence-electron chi connectivity index (χ4n) is 2.50. The Morgan fingerprint density at radius 2 is 1.94 bits per heavy atom. The maximum atomic E-state index is 11.7. The smallest absolute Gasteiger partial charge is 0.156 e. The standard InChI is InChI=1S/C15H16Cl2O/c1-15(2)8-10(6-13(18)9-15)5-11-3-4-12(16)7-14(11)17/h3-4,6-7H,5,8-9H2,1-2H3. The number of allylic oxidation sites excluding steroid dienone is 2. The Labute approximate surface area is 118 Å². The van der Waals surface area contributed by atoms with Gasteiger partial charge in [-0.1, -0.05) is 48.7 Å². The predicted octanol–water partition coefficient (Wildman–Crippen LogP) is 4.85. The van der Waals surface area contributed by atoms with Gasteiger partial charge in [-0.3, -0.25) is 4.79 Å². The summed E-state index contributed by atoms with van der Waals surface area (Å²) in [7, 11) is 0. The second kappa shape index (κ2) is 5.07. The molecule has 0 aliphatic heterocycles. The van der Waals surface area contributed by atoms with Crippen molar-refractivity contribution in [1.29, 1.82) is 0 Å². The van der Waals surface area contributed by atoms with E-state index in [1.54, 1.807) is 12.1 Å². The molecule has 3 heteroatoms. The molecule has 0 radical (unpaired) electrons. The van der Waals surface area contributed by atoms with E-state index in [4.69, 9.17) is 23.2 Å². The topological polar surface area (TPSA) is 17.1 Å². The van der Waals surface area contributed by atoms with Crippen molar-refractivity contribution < 1.29 is 4.79 Å². The zero-order chi connectivity index (χ0) is 13.3. The van der Waals surface area contributed by atoms with Gasteiger partial charge in [-0.25, -0.2) is 0 Å². The van der Waals surface area contributed by atoms with Crippen LogP contribution in [0.5, 0.6) is 0 Å². The zero-order valence-electron chi connectivity index (χ0n) is 10.6. The van der Waals surface area contributed by atoms with Crippen molar-refractivity contribution in [2.75, 3.05) is 0 Å². The Morgan fingerprint density at radius 3 is 2.56 bits per heavy atom. The number of rotatable bonds is 2. The number of ketones is 1. The summed E-state index contributed by atoms with van der Waals surface area (Å²) < 4.78 is 0. The van der Waals surface area contributed by atoms with E-state index in [1.807, 2.05) is 12.1 Å². The van der Waals surface area contributed by atoms with Crippen molar-refractivity contribution in [3.63, 3.8) is 0 Å². The first kappa shape index (κ1) is 13.6. The van der Waals surface area contributed by atoms with E-state index >= 15 is 0 Å². The van der Waals surface area contributed by atoms with Crippen LogP contribution in [0.4, 0.5) is 0 Å². The van der Waals surface area contributed by atoms with Gasteiger partial charge in [0.25, 0.3) is 0 Å². The summed E-state index contributed by atoms with van der Waals surface area (Å²) in [4.78, 5) is 11.7. The Balaban J connectivity index is 2.21. The van der Waals surface area contributed by atoms with Gasteiger partial charge in [0.15, 0.2) is 5.78 Å². The molecule has 1 aliphatic carbocycles. The van der Waals surface area contributed by atoms with E-state index in [9.17, 15) is 4.79 Å². The molecule has 18 heavy (non-hydrogen) atoms. The lowest BCUT2D eigenvalue weighted by atomic mass is 9.75. The van der Waals surface area contributed by atoms with Crippen molar-refractivity contribution in [2.45, 2.75) is 33.1 Å². The second-order valence-electron chi connectivity index (χ2n) is 5.70. The first-order valence-corrected chi connectivity index (χ1v) is 6.77. The fourth-order valence-corrected chi connectivity index (χ4v) is 2.98. The van der Waals surface area contributed by atoms with Crippen LogP contribution < -0.4 is 0 Å². The molecule has 2 rings (SSSR count). The first-order valence-electron chi connectivity index (χ1n) is 6.02. The molecule has 0 N–H and O–H groups in total. The molecule has 0 saturated heterocycles. The van der Waals surface area contributed by atoms with Crippen molar-refractivity contribution in [3.05, 3.63) is 45.5 Å². The number of carbonyl (C=O) groups is 1. The van der Waals surface area contributed by atoms with Crippen molar-refractivity contribution in [2.24, 2.45) is 5.41 Å². The lowest BCUT2D eigenvalue weighted by Gasteiger charge is -2.29. The minimum absolute atomic E-state index is 0.0556. The van der Waals surface area contributed by atoms with E-state index in [2.05, 4.69) is 13.8 Å². The second-order valence-corrected chi connectivity index (χ2v) is 6.54. The summed E-state index contributed by atoms with van der Waals surface area (Å²) in [5.74, 6) is 0.214. The fraction of sp³-hybridized carbons (Fsp3) is 0.400. The van der Waals surface area contributed by atoms with Crippen LogP contribution in [-0.4, -0.2) is 5.78 Å². The Kier molecular flexibility index (Phi) is 3.84. The molecule has 0 amide bonds. The highest BCUT2D eigenvalue weighted by atomic mass is 35.5. The summed E-state index contributed by atoms with van der Waals surface area (Å²) in [5, 5.41) is 1.30. The first-order chi connectivity index (χ1) is 8.35. The summed E-state index contributed by atoms with van der Waals surface area (Å²) in [6.07, 6.45) is 4.07. The van der Waals surface area contributed by atoms with Gasteiger partial charge in [-0.2, -0.15) is 0 Å². The van der Waals surface area contributed by atoms with Gasteiger partial charge >= 0.3 is 0 Å². The lowest BCUT2D eigenvalue weighted by molar-refractivity contribution is -0.117. The highest BCUT2D eigenvalue weighted by Crippen LogP contribution is 2.35. The minimum atomic E-state index is 0.0556. The van der Waals surface area contributed by atoms with E-state index < -0.39 is 0 Å². The third-order valence-electron chi connectivity index (χ3n) is 3.16. The molecule has 0 heterocycles. The maximum absolute atomic E-state index is 11.7. The highest BCUT2D eigenvalue weighted by Gasteiger charge is 2.27. The van der Waals surface area contributed by atoms with E-state index in [0.717, 1.165) is 24.0 Å². The molecular weight excluding hydrogens is 267 g/mol. The molecule has 0 saturated carbocycles. The molecule has 0 fully saturated rings. The molecule has 1 aliphatic rings. The normalized spacial score (nSPS) is 18.7. The molecule has 0 atom stereocenters. The van der Waals surface area contributed by atoms with Crippen molar-refractivity contribution in [3.8, 4) is 0 Å². The Morgan fingerprint density at radius 1 is 1.22 bits per heavy atom. The van der Waals surface area contributed by atoms with Crippen LogP contribution in [0.15, 0.2) is 29.8 Å². The van der Waals surface area contributed by atoms with Crippen LogP contribution in [0, 0.1) is 5.41 Å². The van der Waals surface area contributed by atoms with Gasteiger partial charge in [0.2, 0.25) is 0 Å². The average molecular weight is 283 g/mol. The minimum Gasteiger partial charge on any atom is -0.295 e. The number of halogens is 2. The van der Waals surface area contributed by atoms with Crippen LogP contribution >= 0.6 is 23.2 Å². The van der Waals surface area contributed by atoms with E-state index in [-0.39, 0.29) is 11.2 Å². The van der Waals surface area contributed by atoms with Crippen LogP contribution in [0.3, 0.4) is 0 Å². The lowest BCUT2D eigenvalue weighted by Crippen LogP contribution is -2.22. The molecule has 96 valence electrons. The third-order valence-corrected chi connectivity index (χ3v) is 3.74. The molecule has 0 unspecified atom stereocenters. The Hall–Kier alpha value is -0.790. The van der Waals surface area contributed by atoms with Crippen LogP contribution in [0.2, 0.25) is 10.0 Å². The van der Waals surface area contributed by atoms with Gasteiger partial charge in [-0.05, 0) is 42.0 Å². The zero-order valence-corrected chi connectivity index (χ0v) is 12.1. The van der Waals surface area contributed by atoms with Crippen molar-refractivity contribution >= 4 is 29.0 Å². The molecule has 0 spiro atoms. The predicted molar refractivity (Wildman–Crippen MR) is 76.3 cm³/mol. The molecule has 1 aromatic rings. The molecule has 0 aromatic heterocycles.